The van der Waals surface area contributed by atoms with Gasteiger partial charge in [0.1, 0.15) is 15.7 Å². The molecule has 0 radical (unpaired) electrons. The second-order valence-electron chi connectivity index (χ2n) is 9.35. The highest BCUT2D eigenvalue weighted by atomic mass is 32.2. The van der Waals surface area contributed by atoms with Gasteiger partial charge >= 0.3 is 11.9 Å². The number of imidazole rings is 1. The summed E-state index contributed by atoms with van der Waals surface area (Å²) in [5.41, 5.74) is -1.00. The van der Waals surface area contributed by atoms with E-state index >= 15 is 0 Å². The minimum absolute atomic E-state index is 0.0744. The number of halogens is 4. The number of methoxy groups -OCH3 is 1. The first-order valence-corrected chi connectivity index (χ1v) is 14.0. The zero-order valence-corrected chi connectivity index (χ0v) is 22.0. The average Bonchev–Trinajstić information content (AvgIpc) is 3.13. The Balaban J connectivity index is 1.92. The Hall–Kier alpha value is -3.80. The van der Waals surface area contributed by atoms with E-state index in [0.717, 1.165) is 23.0 Å². The predicted molar refractivity (Wildman–Crippen MR) is 138 cm³/mol. The van der Waals surface area contributed by atoms with Crippen molar-refractivity contribution in [1.29, 1.82) is 0 Å². The SMILES string of the molecule is CCOc1cc2c(cc1OC)-c1cc(C(F)(F)F)cc3c1n(c(=O)n3Cc1ccccc1F)C2CS(C)(=O)=O. The van der Waals surface area contributed by atoms with Crippen LogP contribution < -0.4 is 15.2 Å². The van der Waals surface area contributed by atoms with Crippen LogP contribution in [0.1, 0.15) is 29.7 Å². The van der Waals surface area contributed by atoms with Crippen LogP contribution in [0.5, 0.6) is 11.5 Å². The summed E-state index contributed by atoms with van der Waals surface area (Å²) in [7, 11) is -2.31. The van der Waals surface area contributed by atoms with Gasteiger partial charge in [-0.15, -0.1) is 0 Å². The molecule has 2 heterocycles. The predicted octanol–water partition coefficient (Wildman–Crippen LogP) is 5.03. The molecule has 0 spiro atoms. The van der Waals surface area contributed by atoms with Crippen LogP contribution in [0.15, 0.2) is 53.3 Å². The number of fused-ring (bicyclic) bond motifs is 2. The summed E-state index contributed by atoms with van der Waals surface area (Å²) >= 11 is 0. The fraction of sp³-hybridized carbons (Fsp3) is 0.296. The molecule has 206 valence electrons. The molecule has 0 saturated heterocycles. The summed E-state index contributed by atoms with van der Waals surface area (Å²) in [6, 6.07) is 9.32. The van der Waals surface area contributed by atoms with Crippen LogP contribution in [-0.2, 0) is 22.6 Å². The first-order valence-electron chi connectivity index (χ1n) is 12.0. The average molecular weight is 565 g/mol. The van der Waals surface area contributed by atoms with Crippen LogP contribution >= 0.6 is 0 Å². The van der Waals surface area contributed by atoms with Crippen LogP contribution in [-0.4, -0.2) is 43.3 Å². The summed E-state index contributed by atoms with van der Waals surface area (Å²) in [6.07, 6.45) is -3.74. The number of rotatable bonds is 7. The van der Waals surface area contributed by atoms with Crippen molar-refractivity contribution in [2.75, 3.05) is 25.7 Å². The van der Waals surface area contributed by atoms with E-state index in [1.807, 2.05) is 0 Å². The summed E-state index contributed by atoms with van der Waals surface area (Å²) in [6.45, 7) is 1.61. The summed E-state index contributed by atoms with van der Waals surface area (Å²) in [5, 5.41) is 0. The molecule has 1 aromatic heterocycles. The van der Waals surface area contributed by atoms with Crippen LogP contribution in [0.2, 0.25) is 0 Å². The third-order valence-corrected chi connectivity index (χ3v) is 7.65. The molecule has 1 aliphatic rings. The van der Waals surface area contributed by atoms with Crippen LogP contribution in [0.25, 0.3) is 22.2 Å². The lowest BCUT2D eigenvalue weighted by molar-refractivity contribution is -0.137. The van der Waals surface area contributed by atoms with E-state index in [0.29, 0.717) is 5.56 Å². The molecule has 39 heavy (non-hydrogen) atoms. The normalized spacial score (nSPS) is 14.9. The monoisotopic (exact) mass is 564 g/mol. The molecule has 0 N–H and O–H groups in total. The van der Waals surface area contributed by atoms with Gasteiger partial charge in [0.05, 0.1) is 48.7 Å². The van der Waals surface area contributed by atoms with Gasteiger partial charge < -0.3 is 9.47 Å². The molecule has 1 aliphatic heterocycles. The molecule has 3 aromatic carbocycles. The van der Waals surface area contributed by atoms with Gasteiger partial charge in [0, 0.05) is 17.4 Å². The van der Waals surface area contributed by atoms with Gasteiger partial charge in [-0.2, -0.15) is 13.2 Å². The maximum absolute atomic E-state index is 14.6. The van der Waals surface area contributed by atoms with E-state index < -0.39 is 44.9 Å². The lowest BCUT2D eigenvalue weighted by atomic mass is 9.89. The van der Waals surface area contributed by atoms with E-state index in [9.17, 15) is 30.8 Å². The Bertz CT molecular complexity index is 1770. The highest BCUT2D eigenvalue weighted by molar-refractivity contribution is 7.90. The first kappa shape index (κ1) is 26.8. The van der Waals surface area contributed by atoms with Crippen molar-refractivity contribution in [3.8, 4) is 22.6 Å². The molecule has 0 fully saturated rings. The minimum atomic E-state index is -4.76. The number of aromatic nitrogens is 2. The topological polar surface area (TPSA) is 79.5 Å². The maximum atomic E-state index is 14.6. The van der Waals surface area contributed by atoms with E-state index in [4.69, 9.17) is 9.47 Å². The Morgan fingerprint density at radius 3 is 2.36 bits per heavy atom. The number of sulfone groups is 1. The Labute approximate surface area is 221 Å². The standard InChI is InChI=1S/C27H24F4N2O5S/c1-4-38-24-12-18-17(11-23(24)37-2)19-9-16(27(29,30)31)10-21-25(19)33(22(18)14-39(3,35)36)26(34)32(21)13-15-7-5-6-8-20(15)28/h5-12,22H,4,13-14H2,1-3H3. The smallest absolute Gasteiger partial charge is 0.416 e. The third kappa shape index (κ3) is 4.66. The van der Waals surface area contributed by atoms with Crippen molar-refractivity contribution in [1.82, 2.24) is 9.13 Å². The number of hydrogen-bond donors (Lipinski definition) is 0. The van der Waals surface area contributed by atoms with Crippen molar-refractivity contribution in [2.24, 2.45) is 0 Å². The summed E-state index contributed by atoms with van der Waals surface area (Å²) < 4.78 is 95.2. The van der Waals surface area contributed by atoms with Crippen molar-refractivity contribution in [2.45, 2.75) is 25.7 Å². The van der Waals surface area contributed by atoms with E-state index in [1.54, 1.807) is 13.0 Å². The van der Waals surface area contributed by atoms with Crippen LogP contribution in [0.4, 0.5) is 17.6 Å². The van der Waals surface area contributed by atoms with Crippen molar-refractivity contribution >= 4 is 20.9 Å². The fourth-order valence-electron chi connectivity index (χ4n) is 5.12. The second-order valence-corrected chi connectivity index (χ2v) is 11.5. The molecule has 12 heteroatoms. The van der Waals surface area contributed by atoms with Crippen molar-refractivity contribution < 1.29 is 35.5 Å². The van der Waals surface area contributed by atoms with Gasteiger partial charge in [-0.3, -0.25) is 9.13 Å². The third-order valence-electron chi connectivity index (χ3n) is 6.73. The maximum Gasteiger partial charge on any atom is 0.416 e. The zero-order valence-electron chi connectivity index (χ0n) is 21.2. The molecule has 0 aliphatic carbocycles. The molecule has 5 rings (SSSR count). The Morgan fingerprint density at radius 1 is 1.03 bits per heavy atom. The number of hydrogen-bond acceptors (Lipinski definition) is 5. The summed E-state index contributed by atoms with van der Waals surface area (Å²) in [5.74, 6) is -0.644. The lowest BCUT2D eigenvalue weighted by Gasteiger charge is -2.29. The number of nitrogens with zero attached hydrogens (tertiary/aromatic N) is 2. The van der Waals surface area contributed by atoms with Crippen LogP contribution in [0.3, 0.4) is 0 Å². The number of benzene rings is 3. The second kappa shape index (κ2) is 9.44. The van der Waals surface area contributed by atoms with Crippen molar-refractivity contribution in [3.63, 3.8) is 0 Å². The quantitative estimate of drug-likeness (QED) is 0.294. The number of alkyl halides is 3. The fourth-order valence-corrected chi connectivity index (χ4v) is 6.02. The molecular weight excluding hydrogens is 540 g/mol. The molecule has 1 unspecified atom stereocenters. The van der Waals surface area contributed by atoms with E-state index in [1.165, 1.54) is 42.0 Å². The first-order chi connectivity index (χ1) is 18.3. The molecule has 0 saturated carbocycles. The van der Waals surface area contributed by atoms with Gasteiger partial charge in [-0.05, 0) is 48.4 Å². The van der Waals surface area contributed by atoms with Gasteiger partial charge in [-0.1, -0.05) is 18.2 Å². The Kier molecular flexibility index (Phi) is 6.48. The van der Waals surface area contributed by atoms with Gasteiger partial charge in [-0.25, -0.2) is 17.6 Å². The van der Waals surface area contributed by atoms with Gasteiger partial charge in [0.25, 0.3) is 0 Å². The lowest BCUT2D eigenvalue weighted by Crippen LogP contribution is -2.33. The zero-order chi connectivity index (χ0) is 28.3. The molecule has 1 atom stereocenters. The minimum Gasteiger partial charge on any atom is -0.493 e. The Morgan fingerprint density at radius 2 is 1.74 bits per heavy atom. The van der Waals surface area contributed by atoms with E-state index in [2.05, 4.69) is 0 Å². The van der Waals surface area contributed by atoms with Crippen molar-refractivity contribution in [3.05, 3.63) is 81.5 Å². The largest absolute Gasteiger partial charge is 0.493 e. The van der Waals surface area contributed by atoms with Gasteiger partial charge in [0.15, 0.2) is 11.5 Å². The van der Waals surface area contributed by atoms with Gasteiger partial charge in [0.2, 0.25) is 0 Å². The molecule has 4 aromatic rings. The molecule has 0 bridgehead atoms. The highest BCUT2D eigenvalue weighted by Gasteiger charge is 2.38. The highest BCUT2D eigenvalue weighted by Crippen LogP contribution is 2.47. The number of ether oxygens (including phenoxy) is 2. The summed E-state index contributed by atoms with van der Waals surface area (Å²) in [4.78, 5) is 13.9. The van der Waals surface area contributed by atoms with Crippen LogP contribution in [0, 0.1) is 5.82 Å². The molecule has 0 amide bonds. The molecule has 7 nitrogen and oxygen atoms in total. The van der Waals surface area contributed by atoms with E-state index in [-0.39, 0.29) is 52.4 Å². The molecular formula is C27H24F4N2O5S.